The van der Waals surface area contributed by atoms with E-state index in [0.29, 0.717) is 5.75 Å². The lowest BCUT2D eigenvalue weighted by Gasteiger charge is -1.98. The van der Waals surface area contributed by atoms with E-state index in [1.807, 2.05) is 24.3 Å². The van der Waals surface area contributed by atoms with Crippen molar-refractivity contribution in [2.24, 2.45) is 0 Å². The fourth-order valence-corrected chi connectivity index (χ4v) is 3.10. The largest absolute Gasteiger partial charge is 0.476 e. The van der Waals surface area contributed by atoms with E-state index in [1.165, 1.54) is 11.3 Å². The molecule has 0 bridgehead atoms. The smallest absolute Gasteiger partial charge is 0.355 e. The van der Waals surface area contributed by atoms with Gasteiger partial charge in [-0.05, 0) is 24.3 Å². The molecular weight excluding hydrogens is 322 g/mol. The molecule has 0 aliphatic heterocycles. The highest BCUT2D eigenvalue weighted by Gasteiger charge is 2.08. The first-order valence-electron chi connectivity index (χ1n) is 4.71. The van der Waals surface area contributed by atoms with Crippen molar-refractivity contribution in [2.45, 2.75) is 10.6 Å². The normalized spacial score (nSPS) is 10.4. The molecule has 0 radical (unpaired) electrons. The number of nitrogens with zero attached hydrogens (tertiary/aromatic N) is 1. The summed E-state index contributed by atoms with van der Waals surface area (Å²) in [6, 6.07) is 7.99. The summed E-state index contributed by atoms with van der Waals surface area (Å²) in [5.41, 5.74) is 0.126. The monoisotopic (exact) mass is 329 g/mol. The number of carboxylic acid groups (broad SMARTS) is 1. The lowest BCUT2D eigenvalue weighted by molar-refractivity contribution is 0.0691. The second-order valence-corrected chi connectivity index (χ2v) is 6.08. The van der Waals surface area contributed by atoms with Crippen LogP contribution < -0.4 is 0 Å². The maximum absolute atomic E-state index is 10.7. The first kappa shape index (κ1) is 12.6. The minimum Gasteiger partial charge on any atom is -0.476 e. The second kappa shape index (κ2) is 5.66. The number of thioether (sulfide) groups is 1. The summed E-state index contributed by atoms with van der Waals surface area (Å²) in [6.45, 7) is 0. The average molecular weight is 330 g/mol. The number of aromatic nitrogens is 1. The van der Waals surface area contributed by atoms with Gasteiger partial charge in [-0.15, -0.1) is 23.1 Å². The van der Waals surface area contributed by atoms with E-state index < -0.39 is 5.97 Å². The van der Waals surface area contributed by atoms with Crippen LogP contribution in [0.4, 0.5) is 0 Å². The fraction of sp³-hybridized carbons (Fsp3) is 0.0909. The number of rotatable bonds is 4. The van der Waals surface area contributed by atoms with Crippen molar-refractivity contribution in [3.63, 3.8) is 0 Å². The quantitative estimate of drug-likeness (QED) is 0.864. The van der Waals surface area contributed by atoms with Crippen molar-refractivity contribution in [3.8, 4) is 0 Å². The number of benzene rings is 1. The molecule has 0 saturated carbocycles. The van der Waals surface area contributed by atoms with Crippen LogP contribution in [0.25, 0.3) is 0 Å². The number of thiazole rings is 1. The molecule has 0 atom stereocenters. The van der Waals surface area contributed by atoms with Gasteiger partial charge in [0.25, 0.3) is 0 Å². The number of carboxylic acids is 1. The van der Waals surface area contributed by atoms with Gasteiger partial charge >= 0.3 is 5.97 Å². The van der Waals surface area contributed by atoms with Gasteiger partial charge in [-0.25, -0.2) is 9.78 Å². The molecule has 88 valence electrons. The van der Waals surface area contributed by atoms with Gasteiger partial charge in [0.05, 0.1) is 5.75 Å². The van der Waals surface area contributed by atoms with Crippen molar-refractivity contribution in [2.75, 3.05) is 0 Å². The van der Waals surface area contributed by atoms with Crippen LogP contribution in [0.3, 0.4) is 0 Å². The summed E-state index contributed by atoms with van der Waals surface area (Å²) < 4.78 is 1.05. The number of halogens is 1. The standard InChI is InChI=1S/C11H8BrNO2S2/c12-7-1-3-8(4-2-7)16-6-10-13-9(5-17-10)11(14)15/h1-5H,6H2,(H,14,15). The third kappa shape index (κ3) is 3.55. The average Bonchev–Trinajstić information content (AvgIpc) is 2.77. The van der Waals surface area contributed by atoms with Gasteiger partial charge in [0.1, 0.15) is 5.01 Å². The Bertz CT molecular complexity index is 525. The fourth-order valence-electron chi connectivity index (χ4n) is 1.15. The van der Waals surface area contributed by atoms with E-state index in [1.54, 1.807) is 17.1 Å². The van der Waals surface area contributed by atoms with E-state index in [2.05, 4.69) is 20.9 Å². The second-order valence-electron chi connectivity index (χ2n) is 3.17. The van der Waals surface area contributed by atoms with Gasteiger partial charge in [-0.2, -0.15) is 0 Å². The van der Waals surface area contributed by atoms with Gasteiger partial charge in [0, 0.05) is 14.7 Å². The predicted octanol–water partition coefficient (Wildman–Crippen LogP) is 3.90. The van der Waals surface area contributed by atoms with Crippen LogP contribution >= 0.6 is 39.0 Å². The topological polar surface area (TPSA) is 50.2 Å². The van der Waals surface area contributed by atoms with Crippen molar-refractivity contribution < 1.29 is 9.90 Å². The van der Waals surface area contributed by atoms with E-state index in [9.17, 15) is 4.79 Å². The SMILES string of the molecule is O=C(O)c1csc(CSc2ccc(Br)cc2)n1. The molecule has 6 heteroatoms. The van der Waals surface area contributed by atoms with E-state index in [0.717, 1.165) is 14.4 Å². The first-order chi connectivity index (χ1) is 8.15. The summed E-state index contributed by atoms with van der Waals surface area (Å²) in [4.78, 5) is 15.8. The van der Waals surface area contributed by atoms with Crippen LogP contribution in [-0.4, -0.2) is 16.1 Å². The number of hydrogen-bond donors (Lipinski definition) is 1. The Morgan fingerprint density at radius 2 is 2.12 bits per heavy atom. The van der Waals surface area contributed by atoms with Gasteiger partial charge in [-0.3, -0.25) is 0 Å². The molecule has 0 unspecified atom stereocenters. The molecule has 0 amide bonds. The highest BCUT2D eigenvalue weighted by atomic mass is 79.9. The number of hydrogen-bond acceptors (Lipinski definition) is 4. The maximum atomic E-state index is 10.7. The predicted molar refractivity (Wildman–Crippen MR) is 72.8 cm³/mol. The molecule has 1 aromatic heterocycles. The summed E-state index contributed by atoms with van der Waals surface area (Å²) in [5.74, 6) is -0.277. The molecule has 0 fully saturated rings. The summed E-state index contributed by atoms with van der Waals surface area (Å²) in [6.07, 6.45) is 0. The zero-order chi connectivity index (χ0) is 12.3. The van der Waals surface area contributed by atoms with Crippen LogP contribution in [0.2, 0.25) is 0 Å². The van der Waals surface area contributed by atoms with Crippen LogP contribution in [0.5, 0.6) is 0 Å². The lowest BCUT2D eigenvalue weighted by Crippen LogP contribution is -1.96. The molecule has 1 N–H and O–H groups in total. The van der Waals surface area contributed by atoms with E-state index in [-0.39, 0.29) is 5.69 Å². The summed E-state index contributed by atoms with van der Waals surface area (Å²) in [7, 11) is 0. The summed E-state index contributed by atoms with van der Waals surface area (Å²) >= 11 is 6.40. The van der Waals surface area contributed by atoms with Crippen LogP contribution in [-0.2, 0) is 5.75 Å². The molecule has 1 heterocycles. The van der Waals surface area contributed by atoms with Gasteiger partial charge in [0.2, 0.25) is 0 Å². The summed E-state index contributed by atoms with van der Waals surface area (Å²) in [5, 5.41) is 11.1. The highest BCUT2D eigenvalue weighted by molar-refractivity contribution is 9.10. The Morgan fingerprint density at radius 1 is 1.41 bits per heavy atom. The molecule has 0 spiro atoms. The molecule has 2 aromatic rings. The van der Waals surface area contributed by atoms with Crippen molar-refractivity contribution >= 4 is 45.0 Å². The van der Waals surface area contributed by atoms with Crippen LogP contribution in [0, 0.1) is 0 Å². The Kier molecular flexibility index (Phi) is 4.20. The van der Waals surface area contributed by atoms with Crippen molar-refractivity contribution in [3.05, 3.63) is 44.8 Å². The van der Waals surface area contributed by atoms with Crippen LogP contribution in [0.15, 0.2) is 39.0 Å². The molecule has 0 aliphatic rings. The first-order valence-corrected chi connectivity index (χ1v) is 7.37. The Hall–Kier alpha value is -0.850. The molecule has 17 heavy (non-hydrogen) atoms. The highest BCUT2D eigenvalue weighted by Crippen LogP contribution is 2.25. The van der Waals surface area contributed by atoms with Gasteiger partial charge in [0.15, 0.2) is 5.69 Å². The lowest BCUT2D eigenvalue weighted by atomic mass is 10.4. The minimum absolute atomic E-state index is 0.126. The Balaban J connectivity index is 1.97. The molecule has 0 aliphatic carbocycles. The molecule has 1 aromatic carbocycles. The third-order valence-corrected chi connectivity index (χ3v) is 4.53. The van der Waals surface area contributed by atoms with Gasteiger partial charge in [-0.1, -0.05) is 15.9 Å². The Labute approximate surface area is 115 Å². The molecule has 3 nitrogen and oxygen atoms in total. The van der Waals surface area contributed by atoms with E-state index in [4.69, 9.17) is 5.11 Å². The maximum Gasteiger partial charge on any atom is 0.355 e. The zero-order valence-corrected chi connectivity index (χ0v) is 11.8. The van der Waals surface area contributed by atoms with E-state index >= 15 is 0 Å². The molecule has 0 saturated heterocycles. The number of aromatic carboxylic acids is 1. The van der Waals surface area contributed by atoms with Crippen molar-refractivity contribution in [1.82, 2.24) is 4.98 Å². The van der Waals surface area contributed by atoms with Gasteiger partial charge < -0.3 is 5.11 Å². The molecule has 2 rings (SSSR count). The van der Waals surface area contributed by atoms with Crippen LogP contribution in [0.1, 0.15) is 15.5 Å². The molecular formula is C11H8BrNO2S2. The minimum atomic E-state index is -0.971. The third-order valence-electron chi connectivity index (χ3n) is 1.95. The van der Waals surface area contributed by atoms with Crippen molar-refractivity contribution in [1.29, 1.82) is 0 Å². The zero-order valence-electron chi connectivity index (χ0n) is 8.59. The number of carbonyl (C=O) groups is 1. The Morgan fingerprint density at radius 3 is 2.71 bits per heavy atom.